The number of nitrogens with one attached hydrogen (secondary N) is 1. The largest absolute Gasteiger partial charge is 0.372 e. The number of rotatable bonds is 8. The molecule has 168 valence electrons. The quantitative estimate of drug-likeness (QED) is 0.307. The van der Waals surface area contributed by atoms with Crippen LogP contribution in [0.15, 0.2) is 59.6 Å². The number of carbonyl (C=O) groups is 1. The van der Waals surface area contributed by atoms with Gasteiger partial charge in [-0.2, -0.15) is 0 Å². The van der Waals surface area contributed by atoms with E-state index in [2.05, 4.69) is 39.5 Å². The number of carbonyl (C=O) groups excluding carboxylic acids is 1. The molecule has 1 aliphatic heterocycles. The van der Waals surface area contributed by atoms with Crippen LogP contribution in [0.3, 0.4) is 0 Å². The van der Waals surface area contributed by atoms with Crippen molar-refractivity contribution in [3.63, 3.8) is 0 Å². The molecule has 1 saturated heterocycles. The number of hydrogen-bond acceptors (Lipinski definition) is 3. The second-order valence-electron chi connectivity index (χ2n) is 7.77. The lowest BCUT2D eigenvalue weighted by molar-refractivity contribution is -0.119. The monoisotopic (exact) mass is 536 g/mol. The van der Waals surface area contributed by atoms with Crippen molar-refractivity contribution in [2.45, 2.75) is 39.0 Å². The number of halogens is 1. The van der Waals surface area contributed by atoms with Gasteiger partial charge < -0.3 is 20.7 Å². The average molecular weight is 536 g/mol. The number of nitrogens with two attached hydrogens (primary N) is 1. The molecule has 7 heteroatoms. The highest BCUT2D eigenvalue weighted by Gasteiger charge is 2.23. The van der Waals surface area contributed by atoms with Crippen LogP contribution in [0.5, 0.6) is 0 Å². The van der Waals surface area contributed by atoms with Crippen LogP contribution in [0, 0.1) is 5.92 Å². The van der Waals surface area contributed by atoms with E-state index in [0.717, 1.165) is 31.9 Å². The van der Waals surface area contributed by atoms with Crippen molar-refractivity contribution in [2.75, 3.05) is 20.1 Å². The standard InChI is InChI=1S/C24H32N4O2.HI/c1-26-24(28-13-7-10-20(16-28)14-23(25)29)27-15-21-11-5-6-12-22(21)18-30-17-19-8-3-2-4-9-19;/h2-6,8-9,11-12,20H,7,10,13-18H2,1H3,(H2,25,29)(H,26,27);1H. The molecular formula is C24H33IN4O2. The van der Waals surface area contributed by atoms with E-state index in [1.165, 1.54) is 16.7 Å². The third-order valence-electron chi connectivity index (χ3n) is 5.44. The Morgan fingerprint density at radius 2 is 1.84 bits per heavy atom. The van der Waals surface area contributed by atoms with Gasteiger partial charge in [-0.3, -0.25) is 9.79 Å². The van der Waals surface area contributed by atoms with Gasteiger partial charge in [0.15, 0.2) is 5.96 Å². The Labute approximate surface area is 202 Å². The summed E-state index contributed by atoms with van der Waals surface area (Å²) in [6.45, 7) is 3.59. The van der Waals surface area contributed by atoms with Gasteiger partial charge in [0.25, 0.3) is 0 Å². The predicted molar refractivity (Wildman–Crippen MR) is 135 cm³/mol. The minimum absolute atomic E-state index is 0. The number of benzene rings is 2. The van der Waals surface area contributed by atoms with Gasteiger partial charge in [0.2, 0.25) is 5.91 Å². The Balaban J connectivity index is 0.00000341. The number of nitrogens with zero attached hydrogens (tertiary/aromatic N) is 2. The molecule has 1 unspecified atom stereocenters. The molecule has 0 spiro atoms. The number of hydrogen-bond donors (Lipinski definition) is 2. The molecule has 1 heterocycles. The second-order valence-corrected chi connectivity index (χ2v) is 7.77. The molecule has 0 aliphatic carbocycles. The Bertz CT molecular complexity index is 844. The molecular weight excluding hydrogens is 503 g/mol. The minimum Gasteiger partial charge on any atom is -0.372 e. The van der Waals surface area contributed by atoms with E-state index in [-0.39, 0.29) is 29.9 Å². The van der Waals surface area contributed by atoms with Crippen LogP contribution in [0.2, 0.25) is 0 Å². The van der Waals surface area contributed by atoms with Crippen molar-refractivity contribution in [2.24, 2.45) is 16.6 Å². The van der Waals surface area contributed by atoms with Crippen LogP contribution in [0.25, 0.3) is 0 Å². The first-order chi connectivity index (χ1) is 14.7. The molecule has 1 amide bonds. The highest BCUT2D eigenvalue weighted by atomic mass is 127. The predicted octanol–water partition coefficient (Wildman–Crippen LogP) is 3.68. The number of primary amides is 1. The molecule has 2 aromatic carbocycles. The average Bonchev–Trinajstić information content (AvgIpc) is 2.76. The summed E-state index contributed by atoms with van der Waals surface area (Å²) < 4.78 is 5.93. The number of likely N-dealkylation sites (tertiary alicyclic amines) is 1. The molecule has 0 bridgehead atoms. The van der Waals surface area contributed by atoms with E-state index < -0.39 is 0 Å². The maximum absolute atomic E-state index is 11.3. The van der Waals surface area contributed by atoms with Crippen LogP contribution >= 0.6 is 24.0 Å². The zero-order valence-electron chi connectivity index (χ0n) is 18.1. The molecule has 1 aliphatic rings. The van der Waals surface area contributed by atoms with Crippen molar-refractivity contribution in [1.82, 2.24) is 10.2 Å². The van der Waals surface area contributed by atoms with Crippen molar-refractivity contribution in [3.05, 3.63) is 71.3 Å². The van der Waals surface area contributed by atoms with Gasteiger partial charge in [0, 0.05) is 33.1 Å². The highest BCUT2D eigenvalue weighted by Crippen LogP contribution is 2.19. The van der Waals surface area contributed by atoms with Crippen LogP contribution in [-0.4, -0.2) is 36.9 Å². The number of guanidine groups is 1. The normalized spacial score (nSPS) is 16.5. The van der Waals surface area contributed by atoms with E-state index in [0.29, 0.717) is 32.1 Å². The second kappa shape index (κ2) is 13.3. The smallest absolute Gasteiger partial charge is 0.217 e. The van der Waals surface area contributed by atoms with Gasteiger partial charge >= 0.3 is 0 Å². The van der Waals surface area contributed by atoms with Crippen molar-refractivity contribution < 1.29 is 9.53 Å². The first-order valence-corrected chi connectivity index (χ1v) is 10.6. The van der Waals surface area contributed by atoms with Gasteiger partial charge in [-0.05, 0) is 35.4 Å². The molecule has 0 radical (unpaired) electrons. The molecule has 1 fully saturated rings. The minimum atomic E-state index is -0.228. The first kappa shape index (κ1) is 25.1. The van der Waals surface area contributed by atoms with Crippen LogP contribution < -0.4 is 11.1 Å². The molecule has 3 N–H and O–H groups in total. The molecule has 3 rings (SSSR count). The lowest BCUT2D eigenvalue weighted by atomic mass is 9.95. The van der Waals surface area contributed by atoms with E-state index in [4.69, 9.17) is 10.5 Å². The van der Waals surface area contributed by atoms with Gasteiger partial charge in [0.1, 0.15) is 0 Å². The Morgan fingerprint density at radius 1 is 1.13 bits per heavy atom. The summed E-state index contributed by atoms with van der Waals surface area (Å²) in [7, 11) is 1.80. The van der Waals surface area contributed by atoms with E-state index in [1.54, 1.807) is 7.05 Å². The zero-order chi connectivity index (χ0) is 21.2. The Kier molecular flexibility index (Phi) is 10.8. The van der Waals surface area contributed by atoms with E-state index in [1.807, 2.05) is 30.3 Å². The molecule has 31 heavy (non-hydrogen) atoms. The summed E-state index contributed by atoms with van der Waals surface area (Å²) in [4.78, 5) is 18.0. The van der Waals surface area contributed by atoms with E-state index in [9.17, 15) is 4.79 Å². The Morgan fingerprint density at radius 3 is 2.55 bits per heavy atom. The number of piperidine rings is 1. The van der Waals surface area contributed by atoms with Gasteiger partial charge in [-0.1, -0.05) is 54.6 Å². The number of aliphatic imine (C=N–C) groups is 1. The molecule has 1 atom stereocenters. The summed E-state index contributed by atoms with van der Waals surface area (Å²) in [5.74, 6) is 0.937. The maximum Gasteiger partial charge on any atom is 0.217 e. The first-order valence-electron chi connectivity index (χ1n) is 10.6. The molecule has 0 saturated carbocycles. The maximum atomic E-state index is 11.3. The zero-order valence-corrected chi connectivity index (χ0v) is 20.5. The Hall–Kier alpha value is -2.13. The van der Waals surface area contributed by atoms with Gasteiger partial charge in [0.05, 0.1) is 13.2 Å². The summed E-state index contributed by atoms with van der Waals surface area (Å²) in [6, 6.07) is 18.5. The number of ether oxygens (including phenoxy) is 1. The summed E-state index contributed by atoms with van der Waals surface area (Å²) >= 11 is 0. The summed E-state index contributed by atoms with van der Waals surface area (Å²) in [5, 5.41) is 3.48. The fourth-order valence-corrected chi connectivity index (χ4v) is 3.94. The third kappa shape index (κ3) is 8.14. The summed E-state index contributed by atoms with van der Waals surface area (Å²) in [5.41, 5.74) is 8.92. The topological polar surface area (TPSA) is 80.0 Å². The van der Waals surface area contributed by atoms with Crippen molar-refractivity contribution >= 4 is 35.8 Å². The summed E-state index contributed by atoms with van der Waals surface area (Å²) in [6.07, 6.45) is 2.52. The lowest BCUT2D eigenvalue weighted by Gasteiger charge is -2.34. The molecule has 0 aromatic heterocycles. The van der Waals surface area contributed by atoms with Crippen molar-refractivity contribution in [3.8, 4) is 0 Å². The fraction of sp³-hybridized carbons (Fsp3) is 0.417. The van der Waals surface area contributed by atoms with Gasteiger partial charge in [-0.15, -0.1) is 24.0 Å². The van der Waals surface area contributed by atoms with E-state index >= 15 is 0 Å². The van der Waals surface area contributed by atoms with Crippen LogP contribution in [-0.2, 0) is 29.3 Å². The number of amides is 1. The van der Waals surface area contributed by atoms with Crippen LogP contribution in [0.4, 0.5) is 0 Å². The van der Waals surface area contributed by atoms with Crippen molar-refractivity contribution in [1.29, 1.82) is 0 Å². The molecule has 6 nitrogen and oxygen atoms in total. The fourth-order valence-electron chi connectivity index (χ4n) is 3.94. The third-order valence-corrected chi connectivity index (χ3v) is 5.44. The van der Waals surface area contributed by atoms with Gasteiger partial charge in [-0.25, -0.2) is 0 Å². The molecule has 2 aromatic rings. The highest BCUT2D eigenvalue weighted by molar-refractivity contribution is 14.0. The lowest BCUT2D eigenvalue weighted by Crippen LogP contribution is -2.47. The SMILES string of the molecule is CN=C(NCc1ccccc1COCc1ccccc1)N1CCCC(CC(N)=O)C1.I. The van der Waals surface area contributed by atoms with Crippen LogP contribution in [0.1, 0.15) is 36.0 Å².